The van der Waals surface area contributed by atoms with Gasteiger partial charge < -0.3 is 0 Å². The standard InChI is InChI=1S/C10H16BrN3OS/c1-2-5-14-8(15)12-13-9(14)16-7-10(6-11)3-4-10/h2-7H2,1H3,(H,12,15). The highest BCUT2D eigenvalue weighted by atomic mass is 79.9. The predicted octanol–water partition coefficient (Wildman–Crippen LogP) is 2.25. The fourth-order valence-electron chi connectivity index (χ4n) is 1.55. The zero-order chi connectivity index (χ0) is 11.6. The van der Waals surface area contributed by atoms with Crippen molar-refractivity contribution < 1.29 is 0 Å². The van der Waals surface area contributed by atoms with Crippen LogP contribution in [0.3, 0.4) is 0 Å². The summed E-state index contributed by atoms with van der Waals surface area (Å²) in [5.41, 5.74) is 0.365. The summed E-state index contributed by atoms with van der Waals surface area (Å²) >= 11 is 5.24. The first-order valence-corrected chi connectivity index (χ1v) is 7.65. The Bertz CT molecular complexity index is 410. The Morgan fingerprint density at radius 1 is 1.62 bits per heavy atom. The third-order valence-corrected chi connectivity index (χ3v) is 5.43. The van der Waals surface area contributed by atoms with E-state index in [1.54, 1.807) is 16.3 Å². The molecule has 0 bridgehead atoms. The van der Waals surface area contributed by atoms with E-state index in [0.717, 1.165) is 29.2 Å². The molecule has 0 atom stereocenters. The van der Waals surface area contributed by atoms with Gasteiger partial charge in [0.05, 0.1) is 0 Å². The van der Waals surface area contributed by atoms with E-state index in [-0.39, 0.29) is 5.69 Å². The number of nitrogens with zero attached hydrogens (tertiary/aromatic N) is 2. The summed E-state index contributed by atoms with van der Waals surface area (Å²) in [6.07, 6.45) is 3.53. The van der Waals surface area contributed by atoms with Gasteiger partial charge in [-0.1, -0.05) is 34.6 Å². The number of H-pyrrole nitrogens is 1. The van der Waals surface area contributed by atoms with Crippen LogP contribution in [0.2, 0.25) is 0 Å². The molecule has 1 aromatic heterocycles. The first kappa shape index (κ1) is 12.2. The second-order valence-corrected chi connectivity index (χ2v) is 5.89. The molecule has 1 aliphatic rings. The lowest BCUT2D eigenvalue weighted by atomic mass is 10.2. The number of hydrogen-bond donors (Lipinski definition) is 1. The van der Waals surface area contributed by atoms with E-state index in [0.29, 0.717) is 5.41 Å². The summed E-state index contributed by atoms with van der Waals surface area (Å²) in [5, 5.41) is 8.48. The van der Waals surface area contributed by atoms with Gasteiger partial charge in [0.25, 0.3) is 0 Å². The van der Waals surface area contributed by atoms with Crippen molar-refractivity contribution in [1.29, 1.82) is 0 Å². The quantitative estimate of drug-likeness (QED) is 0.648. The molecule has 1 fully saturated rings. The molecular formula is C10H16BrN3OS. The lowest BCUT2D eigenvalue weighted by molar-refractivity contribution is 0.601. The zero-order valence-electron chi connectivity index (χ0n) is 9.33. The Morgan fingerprint density at radius 3 is 2.94 bits per heavy atom. The number of halogens is 1. The minimum atomic E-state index is -0.0898. The summed E-state index contributed by atoms with van der Waals surface area (Å²) in [4.78, 5) is 11.5. The molecule has 1 heterocycles. The highest BCUT2D eigenvalue weighted by Gasteiger charge is 2.41. The number of hydrogen-bond acceptors (Lipinski definition) is 3. The topological polar surface area (TPSA) is 50.7 Å². The molecular weight excluding hydrogens is 290 g/mol. The molecule has 90 valence electrons. The van der Waals surface area contributed by atoms with Gasteiger partial charge in [-0.3, -0.25) is 4.57 Å². The van der Waals surface area contributed by atoms with E-state index in [2.05, 4.69) is 33.1 Å². The van der Waals surface area contributed by atoms with Crippen LogP contribution in [0.5, 0.6) is 0 Å². The van der Waals surface area contributed by atoms with Crippen LogP contribution in [0, 0.1) is 5.41 Å². The van der Waals surface area contributed by atoms with Gasteiger partial charge in [0.1, 0.15) is 0 Å². The van der Waals surface area contributed by atoms with Crippen molar-refractivity contribution in [3.8, 4) is 0 Å². The van der Waals surface area contributed by atoms with Gasteiger partial charge >= 0.3 is 5.69 Å². The molecule has 0 amide bonds. The maximum atomic E-state index is 11.5. The van der Waals surface area contributed by atoms with Crippen molar-refractivity contribution in [3.63, 3.8) is 0 Å². The molecule has 1 saturated carbocycles. The normalized spacial score (nSPS) is 17.6. The van der Waals surface area contributed by atoms with Gasteiger partial charge in [0.2, 0.25) is 0 Å². The molecule has 6 heteroatoms. The van der Waals surface area contributed by atoms with Crippen LogP contribution in [0.4, 0.5) is 0 Å². The fraction of sp³-hybridized carbons (Fsp3) is 0.800. The minimum absolute atomic E-state index is 0.0898. The van der Waals surface area contributed by atoms with Crippen LogP contribution in [0.15, 0.2) is 9.95 Å². The molecule has 0 aromatic carbocycles. The third-order valence-electron chi connectivity index (χ3n) is 2.92. The Labute approximate surface area is 107 Å². The molecule has 2 rings (SSSR count). The number of nitrogens with one attached hydrogen (secondary N) is 1. The Morgan fingerprint density at radius 2 is 2.38 bits per heavy atom. The average Bonchev–Trinajstić information content (AvgIpc) is 3.00. The van der Waals surface area contributed by atoms with Crippen molar-refractivity contribution in [3.05, 3.63) is 10.5 Å². The van der Waals surface area contributed by atoms with Gasteiger partial charge in [0.15, 0.2) is 5.16 Å². The lowest BCUT2D eigenvalue weighted by Crippen LogP contribution is -2.17. The van der Waals surface area contributed by atoms with Crippen LogP contribution in [-0.4, -0.2) is 25.8 Å². The number of aromatic amines is 1. The molecule has 0 unspecified atom stereocenters. The molecule has 0 aliphatic heterocycles. The molecule has 0 saturated heterocycles. The van der Waals surface area contributed by atoms with Gasteiger partial charge in [-0.05, 0) is 24.7 Å². The molecule has 1 N–H and O–H groups in total. The van der Waals surface area contributed by atoms with Gasteiger partial charge in [-0.25, -0.2) is 9.89 Å². The summed E-state index contributed by atoms with van der Waals surface area (Å²) < 4.78 is 1.73. The zero-order valence-corrected chi connectivity index (χ0v) is 11.7. The molecule has 16 heavy (non-hydrogen) atoms. The lowest BCUT2D eigenvalue weighted by Gasteiger charge is -2.10. The highest BCUT2D eigenvalue weighted by Crippen LogP contribution is 2.50. The molecule has 1 aliphatic carbocycles. The smallest absolute Gasteiger partial charge is 0.270 e. The van der Waals surface area contributed by atoms with E-state index in [1.807, 2.05) is 0 Å². The van der Waals surface area contributed by atoms with Crippen molar-refractivity contribution >= 4 is 27.7 Å². The van der Waals surface area contributed by atoms with Crippen LogP contribution in [0.1, 0.15) is 26.2 Å². The van der Waals surface area contributed by atoms with Crippen molar-refractivity contribution in [2.45, 2.75) is 37.9 Å². The Hall–Kier alpha value is -0.230. The highest BCUT2D eigenvalue weighted by molar-refractivity contribution is 9.09. The van der Waals surface area contributed by atoms with Crippen molar-refractivity contribution in [2.75, 3.05) is 11.1 Å². The van der Waals surface area contributed by atoms with Gasteiger partial charge in [-0.15, -0.1) is 5.10 Å². The summed E-state index contributed by atoms with van der Waals surface area (Å²) in [7, 11) is 0. The van der Waals surface area contributed by atoms with Gasteiger partial charge in [0, 0.05) is 17.6 Å². The molecule has 0 radical (unpaired) electrons. The van der Waals surface area contributed by atoms with Crippen molar-refractivity contribution in [2.24, 2.45) is 5.41 Å². The first-order chi connectivity index (χ1) is 7.71. The molecule has 1 aromatic rings. The first-order valence-electron chi connectivity index (χ1n) is 5.55. The molecule has 4 nitrogen and oxygen atoms in total. The molecule has 0 spiro atoms. The van der Waals surface area contributed by atoms with Gasteiger partial charge in [-0.2, -0.15) is 0 Å². The van der Waals surface area contributed by atoms with Crippen molar-refractivity contribution in [1.82, 2.24) is 14.8 Å². The summed E-state index contributed by atoms with van der Waals surface area (Å²) in [6.45, 7) is 2.81. The van der Waals surface area contributed by atoms with E-state index in [1.165, 1.54) is 12.8 Å². The number of rotatable bonds is 6. The third kappa shape index (κ3) is 2.53. The summed E-state index contributed by atoms with van der Waals surface area (Å²) in [6, 6.07) is 0. The maximum Gasteiger partial charge on any atom is 0.343 e. The predicted molar refractivity (Wildman–Crippen MR) is 69.3 cm³/mol. The van der Waals surface area contributed by atoms with E-state index >= 15 is 0 Å². The second kappa shape index (κ2) is 4.96. The monoisotopic (exact) mass is 305 g/mol. The number of thioether (sulfide) groups is 1. The second-order valence-electron chi connectivity index (χ2n) is 4.39. The van der Waals surface area contributed by atoms with Crippen LogP contribution in [0.25, 0.3) is 0 Å². The van der Waals surface area contributed by atoms with Crippen LogP contribution >= 0.6 is 27.7 Å². The van der Waals surface area contributed by atoms with Crippen LogP contribution < -0.4 is 5.69 Å². The number of aromatic nitrogens is 3. The Kier molecular flexibility index (Phi) is 3.79. The van der Waals surface area contributed by atoms with Crippen LogP contribution in [-0.2, 0) is 6.54 Å². The average molecular weight is 306 g/mol. The fourth-order valence-corrected chi connectivity index (χ4v) is 3.83. The number of alkyl halides is 1. The maximum absolute atomic E-state index is 11.5. The SMILES string of the molecule is CCCn1c(SCC2(CBr)CC2)n[nH]c1=O. The van der Waals surface area contributed by atoms with E-state index in [4.69, 9.17) is 0 Å². The Balaban J connectivity index is 2.01. The summed E-state index contributed by atoms with van der Waals surface area (Å²) in [5.74, 6) is 1.05. The minimum Gasteiger partial charge on any atom is -0.270 e. The van der Waals surface area contributed by atoms with E-state index < -0.39 is 0 Å². The van der Waals surface area contributed by atoms with E-state index in [9.17, 15) is 4.79 Å². The largest absolute Gasteiger partial charge is 0.343 e.